The maximum atomic E-state index is 15.8. The number of ketones is 1. The molecule has 4 aromatic rings. The minimum atomic E-state index is -2.53. The SMILES string of the molecule is CC(=O)O[C@H]1C(=O)[C@@]2(C)C(C(OC(=O)c3ccccc3)[C@]3(O)C[C@H](OC(=O)[C@H](OC(=O)CNC(=O)CNC(=O)c4ccccc4)[C@@H](NC(=O)c4ccccc4)c4ccccc4)C(C)=C1C3(C)C)[C@]1(OC(C)=O)CO[C@@H]1C[C@@H]2O. The van der Waals surface area contributed by atoms with Crippen LogP contribution in [0.3, 0.4) is 0 Å². The molecule has 0 radical (unpaired) electrons. The lowest BCUT2D eigenvalue weighted by Crippen LogP contribution is -2.82. The average molecular weight is 1070 g/mol. The van der Waals surface area contributed by atoms with Crippen molar-refractivity contribution in [2.75, 3.05) is 19.7 Å². The molecule has 410 valence electrons. The molecular formula is C58H61N3O17. The van der Waals surface area contributed by atoms with E-state index in [1.54, 1.807) is 97.1 Å². The van der Waals surface area contributed by atoms with Crippen molar-refractivity contribution in [3.05, 3.63) is 155 Å². The van der Waals surface area contributed by atoms with Crippen LogP contribution in [-0.4, -0.2) is 131 Å². The van der Waals surface area contributed by atoms with Gasteiger partial charge in [0.2, 0.25) is 12.0 Å². The van der Waals surface area contributed by atoms with Gasteiger partial charge in [0, 0.05) is 43.2 Å². The number of nitrogens with one attached hydrogen (secondary N) is 3. The van der Waals surface area contributed by atoms with Gasteiger partial charge in [0.1, 0.15) is 36.5 Å². The average Bonchev–Trinajstić information content (AvgIpc) is 3.56. The van der Waals surface area contributed by atoms with Crippen LogP contribution in [0.1, 0.15) is 97.1 Å². The van der Waals surface area contributed by atoms with Crippen molar-refractivity contribution in [3.63, 3.8) is 0 Å². The number of esters is 5. The van der Waals surface area contributed by atoms with Crippen LogP contribution in [0.5, 0.6) is 0 Å². The van der Waals surface area contributed by atoms with E-state index in [0.29, 0.717) is 0 Å². The predicted octanol–water partition coefficient (Wildman–Crippen LogP) is 3.83. The van der Waals surface area contributed by atoms with E-state index in [-0.39, 0.29) is 46.4 Å². The second-order valence-electron chi connectivity index (χ2n) is 20.6. The Kier molecular flexibility index (Phi) is 16.2. The van der Waals surface area contributed by atoms with E-state index < -0.39 is 143 Å². The number of aliphatic hydroxyl groups is 2. The van der Waals surface area contributed by atoms with Gasteiger partial charge >= 0.3 is 29.8 Å². The van der Waals surface area contributed by atoms with Gasteiger partial charge in [-0.25, -0.2) is 9.59 Å². The van der Waals surface area contributed by atoms with Crippen molar-refractivity contribution >= 4 is 53.4 Å². The number of hydrogen-bond donors (Lipinski definition) is 5. The van der Waals surface area contributed by atoms with Gasteiger partial charge in [-0.3, -0.25) is 33.6 Å². The lowest BCUT2D eigenvalue weighted by atomic mass is 9.44. The molecule has 1 aliphatic heterocycles. The zero-order valence-corrected chi connectivity index (χ0v) is 43.7. The van der Waals surface area contributed by atoms with Crippen LogP contribution in [0.2, 0.25) is 0 Å². The molecule has 2 unspecified atom stereocenters. The number of benzene rings is 4. The van der Waals surface area contributed by atoms with Gasteiger partial charge in [-0.05, 0) is 67.0 Å². The number of carbonyl (C=O) groups excluding carboxylic acids is 9. The van der Waals surface area contributed by atoms with Crippen molar-refractivity contribution in [1.82, 2.24) is 16.0 Å². The smallest absolute Gasteiger partial charge is 0.350 e. The number of rotatable bonds is 16. The summed E-state index contributed by atoms with van der Waals surface area (Å²) in [5, 5.41) is 33.8. The molecule has 4 aromatic carbocycles. The van der Waals surface area contributed by atoms with Crippen molar-refractivity contribution in [2.24, 2.45) is 16.7 Å². The third-order valence-electron chi connectivity index (χ3n) is 15.6. The molecule has 78 heavy (non-hydrogen) atoms. The summed E-state index contributed by atoms with van der Waals surface area (Å²) >= 11 is 0. The van der Waals surface area contributed by atoms with Gasteiger partial charge in [-0.15, -0.1) is 0 Å². The normalized spacial score (nSPS) is 27.4. The van der Waals surface area contributed by atoms with Crippen LogP contribution >= 0.6 is 0 Å². The fourth-order valence-corrected chi connectivity index (χ4v) is 11.6. The Morgan fingerprint density at radius 1 is 0.718 bits per heavy atom. The van der Waals surface area contributed by atoms with E-state index in [9.17, 15) is 43.8 Å². The first-order valence-corrected chi connectivity index (χ1v) is 25.3. The first-order valence-electron chi connectivity index (χ1n) is 25.3. The Morgan fingerprint density at radius 2 is 1.28 bits per heavy atom. The number of ether oxygens (including phenoxy) is 6. The predicted molar refractivity (Wildman–Crippen MR) is 273 cm³/mol. The zero-order chi connectivity index (χ0) is 56.3. The van der Waals surface area contributed by atoms with Gasteiger partial charge < -0.3 is 54.6 Å². The maximum Gasteiger partial charge on any atom is 0.350 e. The van der Waals surface area contributed by atoms with Gasteiger partial charge in [-0.2, -0.15) is 0 Å². The number of amides is 3. The zero-order valence-electron chi connectivity index (χ0n) is 43.7. The highest BCUT2D eigenvalue weighted by Crippen LogP contribution is 2.64. The van der Waals surface area contributed by atoms with E-state index in [4.69, 9.17) is 28.4 Å². The molecular weight excluding hydrogens is 1010 g/mol. The van der Waals surface area contributed by atoms with Crippen LogP contribution < -0.4 is 16.0 Å². The van der Waals surface area contributed by atoms with E-state index in [2.05, 4.69) is 16.0 Å². The highest BCUT2D eigenvalue weighted by atomic mass is 16.6. The number of hydrogen-bond acceptors (Lipinski definition) is 17. The third kappa shape index (κ3) is 10.7. The molecule has 1 heterocycles. The molecule has 0 spiro atoms. The summed E-state index contributed by atoms with van der Waals surface area (Å²) in [4.78, 5) is 126. The van der Waals surface area contributed by atoms with E-state index in [1.807, 2.05) is 0 Å². The lowest BCUT2D eigenvalue weighted by Gasteiger charge is -2.67. The Balaban J connectivity index is 1.23. The molecule has 11 atom stereocenters. The minimum Gasteiger partial charge on any atom is -0.455 e. The Bertz CT molecular complexity index is 3010. The summed E-state index contributed by atoms with van der Waals surface area (Å²) in [6.07, 6.45) is -11.3. The Morgan fingerprint density at radius 3 is 1.83 bits per heavy atom. The molecule has 5 N–H and O–H groups in total. The lowest BCUT2D eigenvalue weighted by molar-refractivity contribution is -0.346. The second kappa shape index (κ2) is 22.5. The molecule has 2 saturated carbocycles. The Hall–Kier alpha value is -8.07. The molecule has 20 heteroatoms. The molecule has 4 aliphatic rings. The van der Waals surface area contributed by atoms with Crippen molar-refractivity contribution < 1.29 is 81.8 Å². The number of aliphatic hydroxyl groups excluding tert-OH is 1. The topological polar surface area (TPSA) is 286 Å². The van der Waals surface area contributed by atoms with E-state index >= 15 is 9.59 Å². The summed E-state index contributed by atoms with van der Waals surface area (Å²) in [6, 6.07) is 30.1. The Labute approximate surface area is 449 Å². The van der Waals surface area contributed by atoms with Crippen LogP contribution in [-0.2, 0) is 57.2 Å². The number of Topliss-reactive ketones (excluding diaryl/α,β-unsaturated/α-hetero) is 1. The van der Waals surface area contributed by atoms with Crippen molar-refractivity contribution in [2.45, 2.75) is 108 Å². The van der Waals surface area contributed by atoms with E-state index in [1.165, 1.54) is 52.0 Å². The molecule has 0 aromatic heterocycles. The second-order valence-corrected chi connectivity index (χ2v) is 20.6. The van der Waals surface area contributed by atoms with Crippen LogP contribution in [0.15, 0.2) is 132 Å². The first-order chi connectivity index (χ1) is 37.0. The van der Waals surface area contributed by atoms with Crippen LogP contribution in [0.25, 0.3) is 0 Å². The summed E-state index contributed by atoms with van der Waals surface area (Å²) < 4.78 is 36.7. The maximum absolute atomic E-state index is 15.8. The molecule has 1 saturated heterocycles. The highest BCUT2D eigenvalue weighted by molar-refractivity contribution is 5.98. The first kappa shape index (κ1) is 56.1. The monoisotopic (exact) mass is 1070 g/mol. The van der Waals surface area contributed by atoms with Crippen LogP contribution in [0, 0.1) is 16.7 Å². The fourth-order valence-electron chi connectivity index (χ4n) is 11.6. The summed E-state index contributed by atoms with van der Waals surface area (Å²) in [5.41, 5.74) is -7.66. The molecule has 8 rings (SSSR count). The summed E-state index contributed by atoms with van der Waals surface area (Å²) in [5.74, 6) is -9.96. The fraction of sp³-hybridized carbons (Fsp3) is 0.397. The molecule has 3 aliphatic carbocycles. The minimum absolute atomic E-state index is 0.0131. The van der Waals surface area contributed by atoms with Gasteiger partial charge in [0.15, 0.2) is 17.5 Å². The van der Waals surface area contributed by atoms with Crippen LogP contribution in [0.4, 0.5) is 0 Å². The highest BCUT2D eigenvalue weighted by Gasteiger charge is 2.78. The molecule has 20 nitrogen and oxygen atoms in total. The quantitative estimate of drug-likeness (QED) is 0.0605. The van der Waals surface area contributed by atoms with Gasteiger partial charge in [-0.1, -0.05) is 98.8 Å². The van der Waals surface area contributed by atoms with Crippen molar-refractivity contribution in [1.29, 1.82) is 0 Å². The third-order valence-corrected chi connectivity index (χ3v) is 15.6. The molecule has 3 amide bonds. The van der Waals surface area contributed by atoms with Crippen molar-refractivity contribution in [3.8, 4) is 0 Å². The number of fused-ring (bicyclic) bond motifs is 5. The summed E-state index contributed by atoms with van der Waals surface area (Å²) in [7, 11) is 0. The summed E-state index contributed by atoms with van der Waals surface area (Å²) in [6.45, 7) is 6.27. The standard InChI is InChI=1S/C58H61N3O17/c1-32-39(75-54(71)47(45(35-19-11-7-12-20-35)61-52(69)37-23-15-9-16-24-37)76-43(66)30-59-42(65)29-60-51(68)36-21-13-8-14-22-36)28-58(72)50(77-53(70)38-25-17-10-18-26-38)48-56(6,40(64)27-41-57(48,31-73-41)78-34(3)63)49(67)46(74-33(2)62)44(32)55(58,4)5/h7-26,39-41,45-48,50,64,72H,27-31H2,1-6H3,(H,59,65)(H,60,68)(H,61,69)/t39-,40-,41+,45-,46+,47+,48?,50?,56+,57-,58+/m0/s1. The number of carbonyl (C=O) groups is 9. The van der Waals surface area contributed by atoms with E-state index in [0.717, 1.165) is 13.8 Å². The largest absolute Gasteiger partial charge is 0.455 e. The van der Waals surface area contributed by atoms with Gasteiger partial charge in [0.05, 0.1) is 36.2 Å². The molecule has 3 fully saturated rings. The molecule has 2 bridgehead atoms. The van der Waals surface area contributed by atoms with Gasteiger partial charge in [0.25, 0.3) is 11.8 Å².